The molecule has 28 heavy (non-hydrogen) atoms. The number of hydrogen-bond acceptors (Lipinski definition) is 4. The van der Waals surface area contributed by atoms with E-state index in [1.165, 1.54) is 5.56 Å². The van der Waals surface area contributed by atoms with Crippen LogP contribution in [0.1, 0.15) is 35.3 Å². The highest BCUT2D eigenvalue weighted by Crippen LogP contribution is 2.52. The zero-order valence-electron chi connectivity index (χ0n) is 16.2. The van der Waals surface area contributed by atoms with E-state index >= 15 is 0 Å². The first-order chi connectivity index (χ1) is 12.9. The predicted octanol–water partition coefficient (Wildman–Crippen LogP) is 0.988. The number of halogens is 2. The Morgan fingerprint density at radius 2 is 1.96 bits per heavy atom. The molecule has 0 aromatic heterocycles. The average molecular weight is 515 g/mol. The Bertz CT molecular complexity index is 854. The first kappa shape index (κ1) is 21.4. The molecule has 2 heterocycles. The number of likely N-dealkylation sites (N-methyl/N-ethyl adjacent to an activating group) is 1. The van der Waals surface area contributed by atoms with Crippen molar-refractivity contribution in [2.24, 2.45) is 0 Å². The number of ether oxygens (including phenoxy) is 3. The minimum absolute atomic E-state index is 0. The summed E-state index contributed by atoms with van der Waals surface area (Å²) in [6.45, 7) is 1.21. The van der Waals surface area contributed by atoms with Gasteiger partial charge in [0.15, 0.2) is 11.5 Å². The molecule has 0 radical (unpaired) electrons. The van der Waals surface area contributed by atoms with Crippen LogP contribution < -0.4 is 31.2 Å². The maximum Gasteiger partial charge on any atom is 0.231 e. The monoisotopic (exact) mass is 513 g/mol. The normalized spacial score (nSPS) is 20.1. The first-order valence-corrected chi connectivity index (χ1v) is 9.95. The van der Waals surface area contributed by atoms with Gasteiger partial charge >= 0.3 is 0 Å². The number of aliphatic hydroxyl groups excluding tert-OH is 1. The number of nitrogens with zero attached hydrogens (tertiary/aromatic N) is 1. The highest BCUT2D eigenvalue weighted by molar-refractivity contribution is 9.10. The summed E-state index contributed by atoms with van der Waals surface area (Å²) < 4.78 is 18.9. The molecule has 2 aliphatic heterocycles. The molecule has 0 aliphatic carbocycles. The quantitative estimate of drug-likeness (QED) is 0.618. The SMILES string of the molecule is COc1c2c(cc3c1C(CC(O)c1ccc(Br)cc1)[N+](C)(C)CC3)OCO2.[Br-]. The molecule has 1 N–H and O–H groups in total. The Morgan fingerprint density at radius 3 is 2.64 bits per heavy atom. The van der Waals surface area contributed by atoms with E-state index in [0.717, 1.165) is 44.5 Å². The second kappa shape index (κ2) is 8.22. The molecule has 2 aliphatic rings. The lowest BCUT2D eigenvalue weighted by Gasteiger charge is -2.44. The molecule has 2 unspecified atom stereocenters. The molecular weight excluding hydrogens is 490 g/mol. The molecule has 0 bridgehead atoms. The van der Waals surface area contributed by atoms with Gasteiger partial charge in [-0.25, -0.2) is 0 Å². The van der Waals surface area contributed by atoms with Gasteiger partial charge in [0.1, 0.15) is 6.04 Å². The van der Waals surface area contributed by atoms with Crippen molar-refractivity contribution in [1.82, 2.24) is 0 Å². The summed E-state index contributed by atoms with van der Waals surface area (Å²) in [5, 5.41) is 11.0. The summed E-state index contributed by atoms with van der Waals surface area (Å²) in [7, 11) is 6.10. The van der Waals surface area contributed by atoms with Gasteiger partial charge in [0, 0.05) is 17.3 Å². The largest absolute Gasteiger partial charge is 1.00 e. The van der Waals surface area contributed by atoms with Crippen molar-refractivity contribution in [3.63, 3.8) is 0 Å². The molecule has 0 saturated carbocycles. The van der Waals surface area contributed by atoms with E-state index in [9.17, 15) is 5.11 Å². The van der Waals surface area contributed by atoms with Crippen molar-refractivity contribution in [3.05, 3.63) is 51.5 Å². The molecule has 0 amide bonds. The number of methoxy groups -OCH3 is 1. The summed E-state index contributed by atoms with van der Waals surface area (Å²) in [5.41, 5.74) is 3.28. The van der Waals surface area contributed by atoms with E-state index < -0.39 is 6.10 Å². The Labute approximate surface area is 184 Å². The van der Waals surface area contributed by atoms with Crippen LogP contribution in [0.3, 0.4) is 0 Å². The number of aliphatic hydroxyl groups is 1. The van der Waals surface area contributed by atoms with Crippen molar-refractivity contribution < 1.29 is 40.8 Å². The van der Waals surface area contributed by atoms with Crippen molar-refractivity contribution in [1.29, 1.82) is 0 Å². The number of quaternary nitrogens is 1. The predicted molar refractivity (Wildman–Crippen MR) is 106 cm³/mol. The molecule has 2 aromatic carbocycles. The maximum atomic E-state index is 11.0. The van der Waals surface area contributed by atoms with Gasteiger partial charge in [0.05, 0.1) is 39.4 Å². The fourth-order valence-electron chi connectivity index (χ4n) is 4.20. The number of benzene rings is 2. The van der Waals surface area contributed by atoms with Gasteiger partial charge in [-0.05, 0) is 29.3 Å². The van der Waals surface area contributed by atoms with E-state index in [1.54, 1.807) is 7.11 Å². The van der Waals surface area contributed by atoms with Crippen molar-refractivity contribution in [3.8, 4) is 17.2 Å². The third kappa shape index (κ3) is 3.77. The minimum Gasteiger partial charge on any atom is -1.00 e. The Balaban J connectivity index is 0.00000225. The average Bonchev–Trinajstić information content (AvgIpc) is 3.11. The number of hydrogen-bond donors (Lipinski definition) is 1. The van der Waals surface area contributed by atoms with Gasteiger partial charge in [-0.1, -0.05) is 28.1 Å². The van der Waals surface area contributed by atoms with Crippen molar-refractivity contribution in [2.75, 3.05) is 34.5 Å². The standard InChI is InChI=1S/C21H25BrNO4.BrH/c1-23(2)9-8-14-10-18-20(27-12-26-18)21(25-3)19(14)16(23)11-17(24)13-4-6-15(22)7-5-13;/h4-7,10,16-17,24H,8-9,11-12H2,1-3H3;1H/q+1;/p-1. The van der Waals surface area contributed by atoms with Crippen molar-refractivity contribution in [2.45, 2.75) is 25.0 Å². The highest BCUT2D eigenvalue weighted by Gasteiger charge is 2.42. The van der Waals surface area contributed by atoms with Gasteiger partial charge in [-0.3, -0.25) is 0 Å². The molecule has 2 aromatic rings. The molecule has 7 heteroatoms. The van der Waals surface area contributed by atoms with E-state index in [1.807, 2.05) is 24.3 Å². The van der Waals surface area contributed by atoms with Crippen LogP contribution in [0.2, 0.25) is 0 Å². The van der Waals surface area contributed by atoms with Crippen LogP contribution in [-0.4, -0.2) is 44.1 Å². The minimum atomic E-state index is -0.554. The van der Waals surface area contributed by atoms with Crippen LogP contribution in [-0.2, 0) is 6.42 Å². The molecule has 2 atom stereocenters. The molecule has 152 valence electrons. The van der Waals surface area contributed by atoms with Crippen LogP contribution in [0.4, 0.5) is 0 Å². The zero-order valence-corrected chi connectivity index (χ0v) is 19.4. The first-order valence-electron chi connectivity index (χ1n) is 9.16. The van der Waals surface area contributed by atoms with Crippen LogP contribution in [0.25, 0.3) is 0 Å². The van der Waals surface area contributed by atoms with Gasteiger partial charge in [-0.2, -0.15) is 0 Å². The van der Waals surface area contributed by atoms with E-state index in [0.29, 0.717) is 12.2 Å². The van der Waals surface area contributed by atoms with E-state index in [2.05, 4.69) is 36.1 Å². The smallest absolute Gasteiger partial charge is 0.231 e. The molecule has 0 spiro atoms. The van der Waals surface area contributed by atoms with Crippen LogP contribution in [0.5, 0.6) is 17.2 Å². The Kier molecular flexibility index (Phi) is 6.29. The lowest BCUT2D eigenvalue weighted by molar-refractivity contribution is -0.924. The molecule has 4 rings (SSSR count). The maximum absolute atomic E-state index is 11.0. The second-order valence-corrected chi connectivity index (χ2v) is 8.70. The molecule has 0 fully saturated rings. The zero-order chi connectivity index (χ0) is 19.2. The number of fused-ring (bicyclic) bond motifs is 2. The summed E-state index contributed by atoms with van der Waals surface area (Å²) >= 11 is 3.45. The summed E-state index contributed by atoms with van der Waals surface area (Å²) in [5.74, 6) is 2.19. The molecule has 5 nitrogen and oxygen atoms in total. The Morgan fingerprint density at radius 1 is 1.25 bits per heavy atom. The third-order valence-electron chi connectivity index (χ3n) is 5.78. The fraction of sp³-hybridized carbons (Fsp3) is 0.429. The van der Waals surface area contributed by atoms with E-state index in [-0.39, 0.29) is 29.8 Å². The van der Waals surface area contributed by atoms with Crippen LogP contribution in [0, 0.1) is 0 Å². The van der Waals surface area contributed by atoms with E-state index in [4.69, 9.17) is 14.2 Å². The summed E-state index contributed by atoms with van der Waals surface area (Å²) in [6, 6.07) is 10.0. The van der Waals surface area contributed by atoms with Gasteiger partial charge < -0.3 is 40.8 Å². The molecular formula is C21H25Br2NO4. The molecule has 0 saturated heterocycles. The summed E-state index contributed by atoms with van der Waals surface area (Å²) in [6.07, 6.45) is 0.999. The Hall–Kier alpha value is -1.28. The lowest BCUT2D eigenvalue weighted by atomic mass is 9.85. The van der Waals surface area contributed by atoms with Crippen LogP contribution in [0.15, 0.2) is 34.8 Å². The van der Waals surface area contributed by atoms with Gasteiger partial charge in [0.2, 0.25) is 12.5 Å². The topological polar surface area (TPSA) is 47.9 Å². The third-order valence-corrected chi connectivity index (χ3v) is 6.31. The van der Waals surface area contributed by atoms with Gasteiger partial charge in [0.25, 0.3) is 0 Å². The highest BCUT2D eigenvalue weighted by atomic mass is 79.9. The number of rotatable bonds is 4. The fourth-order valence-corrected chi connectivity index (χ4v) is 4.47. The summed E-state index contributed by atoms with van der Waals surface area (Å²) in [4.78, 5) is 0. The second-order valence-electron chi connectivity index (χ2n) is 7.79. The lowest BCUT2D eigenvalue weighted by Crippen LogP contribution is -3.00. The van der Waals surface area contributed by atoms with Gasteiger partial charge in [-0.15, -0.1) is 0 Å². The van der Waals surface area contributed by atoms with Crippen LogP contribution >= 0.6 is 15.9 Å². The van der Waals surface area contributed by atoms with Crippen molar-refractivity contribution >= 4 is 15.9 Å².